The molecule has 1 aliphatic rings. The molecule has 0 aromatic carbocycles. The first-order chi connectivity index (χ1) is 10.3. The monoisotopic (exact) mass is 334 g/mol. The van der Waals surface area contributed by atoms with E-state index in [9.17, 15) is 4.79 Å². The van der Waals surface area contributed by atoms with Gasteiger partial charge in [0, 0.05) is 22.2 Å². The highest BCUT2D eigenvalue weighted by molar-refractivity contribution is 7.15. The predicted molar refractivity (Wildman–Crippen MR) is 85.3 cm³/mol. The zero-order chi connectivity index (χ0) is 14.2. The Kier molecular flexibility index (Phi) is 3.28. The first-order valence-electron chi connectivity index (χ1n) is 6.42. The number of carbonyl (C=O) groups excluding carboxylic acids is 1. The average molecular weight is 334 g/mol. The zero-order valence-electron chi connectivity index (χ0n) is 10.8. The van der Waals surface area contributed by atoms with Crippen LogP contribution in [0.2, 0.25) is 0 Å². The van der Waals surface area contributed by atoms with Crippen LogP contribution in [0.5, 0.6) is 0 Å². The number of nitrogens with one attached hydrogen (secondary N) is 1. The Morgan fingerprint density at radius 2 is 2.19 bits per heavy atom. The minimum absolute atomic E-state index is 0.230. The van der Waals surface area contributed by atoms with E-state index in [0.717, 1.165) is 15.6 Å². The van der Waals surface area contributed by atoms with Crippen LogP contribution < -0.4 is 5.32 Å². The lowest BCUT2D eigenvalue weighted by Crippen LogP contribution is -2.12. The molecular weight excluding hydrogens is 324 g/mol. The summed E-state index contributed by atoms with van der Waals surface area (Å²) in [5.74, 6) is 0.323. The summed E-state index contributed by atoms with van der Waals surface area (Å²) in [6.07, 6.45) is 2.36. The maximum absolute atomic E-state index is 12.2. The number of rotatable bonds is 4. The molecule has 21 heavy (non-hydrogen) atoms. The molecule has 1 amide bonds. The molecule has 5 nitrogen and oxygen atoms in total. The fourth-order valence-corrected chi connectivity index (χ4v) is 4.26. The Bertz CT molecular complexity index is 773. The number of thiazole rings is 1. The molecule has 0 aliphatic heterocycles. The van der Waals surface area contributed by atoms with Crippen LogP contribution in [0.15, 0.2) is 22.2 Å². The molecule has 3 aromatic heterocycles. The van der Waals surface area contributed by atoms with Crippen LogP contribution in [0.4, 0.5) is 5.13 Å². The van der Waals surface area contributed by atoms with Crippen LogP contribution in [0.25, 0.3) is 10.6 Å². The highest BCUT2D eigenvalue weighted by Gasteiger charge is 2.27. The van der Waals surface area contributed by atoms with Gasteiger partial charge in [0.25, 0.3) is 5.91 Å². The van der Waals surface area contributed by atoms with Gasteiger partial charge in [-0.15, -0.1) is 21.5 Å². The highest BCUT2D eigenvalue weighted by atomic mass is 32.1. The van der Waals surface area contributed by atoms with Crippen molar-refractivity contribution in [1.82, 2.24) is 15.2 Å². The summed E-state index contributed by atoms with van der Waals surface area (Å²) >= 11 is 4.54. The molecule has 0 saturated heterocycles. The van der Waals surface area contributed by atoms with E-state index in [2.05, 4.69) is 20.5 Å². The maximum Gasteiger partial charge on any atom is 0.276 e. The lowest BCUT2D eigenvalue weighted by molar-refractivity contribution is 0.102. The largest absolute Gasteiger partial charge is 0.295 e. The van der Waals surface area contributed by atoms with Gasteiger partial charge in [0.1, 0.15) is 15.7 Å². The van der Waals surface area contributed by atoms with Crippen LogP contribution in [-0.4, -0.2) is 21.1 Å². The number of hydrogen-bond donors (Lipinski definition) is 1. The van der Waals surface area contributed by atoms with Gasteiger partial charge in [0.2, 0.25) is 5.13 Å². The molecule has 0 bridgehead atoms. The number of aromatic nitrogens is 3. The first-order valence-corrected chi connectivity index (χ1v) is 9.06. The number of hydrogen-bond acceptors (Lipinski definition) is 7. The molecule has 4 rings (SSSR count). The van der Waals surface area contributed by atoms with Gasteiger partial charge in [0.05, 0.1) is 0 Å². The van der Waals surface area contributed by atoms with E-state index in [1.54, 1.807) is 16.7 Å². The molecule has 0 unspecified atom stereocenters. The van der Waals surface area contributed by atoms with Crippen molar-refractivity contribution < 1.29 is 4.79 Å². The van der Waals surface area contributed by atoms with E-state index in [0.29, 0.717) is 16.7 Å². The van der Waals surface area contributed by atoms with Gasteiger partial charge in [-0.1, -0.05) is 11.3 Å². The Morgan fingerprint density at radius 3 is 2.95 bits per heavy atom. The molecular formula is C13H10N4OS3. The second kappa shape index (κ2) is 5.28. The summed E-state index contributed by atoms with van der Waals surface area (Å²) in [6.45, 7) is 0. The Morgan fingerprint density at radius 1 is 1.29 bits per heavy atom. The van der Waals surface area contributed by atoms with Crippen molar-refractivity contribution in [3.63, 3.8) is 0 Å². The van der Waals surface area contributed by atoms with E-state index in [1.165, 1.54) is 35.5 Å². The van der Waals surface area contributed by atoms with Crippen LogP contribution in [0.1, 0.15) is 34.3 Å². The smallest absolute Gasteiger partial charge is 0.276 e. The van der Waals surface area contributed by atoms with Crippen LogP contribution in [0, 0.1) is 0 Å². The van der Waals surface area contributed by atoms with E-state index < -0.39 is 0 Å². The SMILES string of the molecule is O=C(Nc1nnc(C2CC2)s1)c1csc(-c2ccsc2)n1. The summed E-state index contributed by atoms with van der Waals surface area (Å²) in [5.41, 5.74) is 1.47. The van der Waals surface area contributed by atoms with Crippen LogP contribution in [0.3, 0.4) is 0 Å². The molecule has 1 fully saturated rings. The number of anilines is 1. The third-order valence-electron chi connectivity index (χ3n) is 3.09. The topological polar surface area (TPSA) is 67.8 Å². The normalized spacial score (nSPS) is 14.3. The minimum atomic E-state index is -0.230. The lowest BCUT2D eigenvalue weighted by atomic mass is 10.3. The van der Waals surface area contributed by atoms with Gasteiger partial charge in [-0.3, -0.25) is 10.1 Å². The van der Waals surface area contributed by atoms with Crippen molar-refractivity contribution in [3.05, 3.63) is 32.9 Å². The van der Waals surface area contributed by atoms with Crippen molar-refractivity contribution in [1.29, 1.82) is 0 Å². The highest BCUT2D eigenvalue weighted by Crippen LogP contribution is 2.42. The lowest BCUT2D eigenvalue weighted by Gasteiger charge is -1.96. The fourth-order valence-electron chi connectivity index (χ4n) is 1.84. The number of nitrogens with zero attached hydrogens (tertiary/aromatic N) is 3. The molecule has 0 radical (unpaired) electrons. The van der Waals surface area contributed by atoms with E-state index >= 15 is 0 Å². The molecule has 1 saturated carbocycles. The first kappa shape index (κ1) is 13.1. The van der Waals surface area contributed by atoms with Crippen molar-refractivity contribution in [2.45, 2.75) is 18.8 Å². The van der Waals surface area contributed by atoms with Gasteiger partial charge in [0.15, 0.2) is 0 Å². The van der Waals surface area contributed by atoms with E-state index in [4.69, 9.17) is 0 Å². The quantitative estimate of drug-likeness (QED) is 0.787. The Balaban J connectivity index is 1.49. The molecule has 1 N–H and O–H groups in total. The zero-order valence-corrected chi connectivity index (χ0v) is 13.2. The number of carbonyl (C=O) groups is 1. The van der Waals surface area contributed by atoms with E-state index in [1.807, 2.05) is 16.8 Å². The molecule has 0 spiro atoms. The van der Waals surface area contributed by atoms with Crippen LogP contribution in [-0.2, 0) is 0 Å². The average Bonchev–Trinajstić information content (AvgIpc) is 2.94. The van der Waals surface area contributed by atoms with Crippen molar-refractivity contribution in [3.8, 4) is 10.6 Å². The molecule has 3 aromatic rings. The summed E-state index contributed by atoms with van der Waals surface area (Å²) in [6, 6.07) is 2.00. The number of thiophene rings is 1. The molecule has 8 heteroatoms. The van der Waals surface area contributed by atoms with Gasteiger partial charge in [-0.05, 0) is 24.3 Å². The second-order valence-corrected chi connectivity index (χ2v) is 7.37. The fraction of sp³-hybridized carbons (Fsp3) is 0.231. The van der Waals surface area contributed by atoms with Gasteiger partial charge in [-0.2, -0.15) is 11.3 Å². The Labute approximate surface area is 132 Å². The van der Waals surface area contributed by atoms with E-state index in [-0.39, 0.29) is 5.91 Å². The predicted octanol–water partition coefficient (Wildman–Crippen LogP) is 3.85. The Hall–Kier alpha value is -1.64. The summed E-state index contributed by atoms with van der Waals surface area (Å²) in [4.78, 5) is 16.5. The van der Waals surface area contributed by atoms with Gasteiger partial charge >= 0.3 is 0 Å². The standard InChI is InChI=1S/C13H10N4OS3/c18-10(15-13-17-16-12(21-13)7-1-2-7)9-6-20-11(14-9)8-3-4-19-5-8/h3-7H,1-2H2,(H,15,17,18). The summed E-state index contributed by atoms with van der Waals surface area (Å²) < 4.78 is 0. The van der Waals surface area contributed by atoms with Crippen molar-refractivity contribution >= 4 is 45.0 Å². The van der Waals surface area contributed by atoms with Gasteiger partial charge in [-0.25, -0.2) is 4.98 Å². The number of amides is 1. The summed E-state index contributed by atoms with van der Waals surface area (Å²) in [5, 5.41) is 19.1. The molecule has 0 atom stereocenters. The van der Waals surface area contributed by atoms with Crippen molar-refractivity contribution in [2.24, 2.45) is 0 Å². The molecule has 1 aliphatic carbocycles. The maximum atomic E-state index is 12.2. The van der Waals surface area contributed by atoms with Crippen LogP contribution >= 0.6 is 34.0 Å². The second-order valence-electron chi connectivity index (χ2n) is 4.72. The third-order valence-corrected chi connectivity index (χ3v) is 5.67. The van der Waals surface area contributed by atoms with Crippen molar-refractivity contribution in [2.75, 3.05) is 5.32 Å². The third kappa shape index (κ3) is 2.74. The molecule has 106 valence electrons. The summed E-state index contributed by atoms with van der Waals surface area (Å²) in [7, 11) is 0. The molecule has 3 heterocycles. The minimum Gasteiger partial charge on any atom is -0.295 e. The van der Waals surface area contributed by atoms with Gasteiger partial charge < -0.3 is 0 Å².